The van der Waals surface area contributed by atoms with E-state index >= 15 is 0 Å². The van der Waals surface area contributed by atoms with Crippen LogP contribution in [-0.4, -0.2) is 5.75 Å². The van der Waals surface area contributed by atoms with Crippen molar-refractivity contribution in [3.63, 3.8) is 0 Å². The maximum atomic E-state index is 13.1. The first-order valence-corrected chi connectivity index (χ1v) is 6.27. The minimum absolute atomic E-state index is 0.189. The first-order chi connectivity index (χ1) is 7.79. The summed E-state index contributed by atoms with van der Waals surface area (Å²) < 4.78 is 13.1. The van der Waals surface area contributed by atoms with Crippen molar-refractivity contribution in [2.45, 2.75) is 11.8 Å². The molecule has 0 heterocycles. The van der Waals surface area contributed by atoms with E-state index in [4.69, 9.17) is 0 Å². The van der Waals surface area contributed by atoms with Gasteiger partial charge in [0.15, 0.2) is 0 Å². The fraction of sp³-hybridized carbons (Fsp3) is 0.143. The lowest BCUT2D eigenvalue weighted by Gasteiger charge is -2.04. The highest BCUT2D eigenvalue weighted by Gasteiger charge is 2.00. The molecule has 0 aliphatic carbocycles. The lowest BCUT2D eigenvalue weighted by atomic mass is 10.1. The Morgan fingerprint density at radius 1 is 1.00 bits per heavy atom. The molecule has 0 radical (unpaired) electrons. The lowest BCUT2D eigenvalue weighted by Crippen LogP contribution is -1.81. The third-order valence-electron chi connectivity index (χ3n) is 2.30. The molecule has 0 bridgehead atoms. The van der Waals surface area contributed by atoms with Crippen LogP contribution in [0.5, 0.6) is 0 Å². The molecule has 0 aromatic heterocycles. The van der Waals surface area contributed by atoms with Gasteiger partial charge in [-0.05, 0) is 41.1 Å². The summed E-state index contributed by atoms with van der Waals surface area (Å²) >= 11 is 1.79. The lowest BCUT2D eigenvalue weighted by molar-refractivity contribution is 0.628. The Balaban J connectivity index is 2.36. The van der Waals surface area contributed by atoms with Gasteiger partial charge in [-0.3, -0.25) is 0 Å². The summed E-state index contributed by atoms with van der Waals surface area (Å²) in [5.41, 5.74) is 2.00. The highest BCUT2D eigenvalue weighted by Crippen LogP contribution is 2.25. The second-order valence-electron chi connectivity index (χ2n) is 3.47. The van der Waals surface area contributed by atoms with Crippen LogP contribution in [0.25, 0.3) is 11.1 Å². The Kier molecular flexibility index (Phi) is 3.62. The van der Waals surface area contributed by atoms with Crippen LogP contribution in [0, 0.1) is 5.82 Å². The van der Waals surface area contributed by atoms with Gasteiger partial charge in [0.2, 0.25) is 0 Å². The van der Waals surface area contributed by atoms with Gasteiger partial charge in [-0.1, -0.05) is 31.2 Å². The number of rotatable bonds is 3. The third kappa shape index (κ3) is 2.64. The zero-order valence-electron chi connectivity index (χ0n) is 9.11. The first kappa shape index (κ1) is 11.2. The number of hydrogen-bond donors (Lipinski definition) is 0. The van der Waals surface area contributed by atoms with Gasteiger partial charge in [0.1, 0.15) is 5.82 Å². The largest absolute Gasteiger partial charge is 0.207 e. The monoisotopic (exact) mass is 232 g/mol. The van der Waals surface area contributed by atoms with E-state index in [-0.39, 0.29) is 5.82 Å². The molecule has 82 valence electrons. The van der Waals surface area contributed by atoms with E-state index in [0.717, 1.165) is 16.9 Å². The Morgan fingerprint density at radius 2 is 1.69 bits per heavy atom. The summed E-state index contributed by atoms with van der Waals surface area (Å²) in [6, 6.07) is 14.9. The van der Waals surface area contributed by atoms with Crippen LogP contribution in [0.4, 0.5) is 4.39 Å². The average Bonchev–Trinajstić information content (AvgIpc) is 2.30. The summed E-state index contributed by atoms with van der Waals surface area (Å²) in [6.45, 7) is 2.12. The predicted octanol–water partition coefficient (Wildman–Crippen LogP) is 4.60. The molecule has 0 amide bonds. The maximum absolute atomic E-state index is 13.1. The molecule has 2 aromatic rings. The van der Waals surface area contributed by atoms with E-state index in [1.807, 2.05) is 18.2 Å². The minimum atomic E-state index is -0.189. The van der Waals surface area contributed by atoms with Crippen LogP contribution < -0.4 is 0 Å². The van der Waals surface area contributed by atoms with Gasteiger partial charge in [0, 0.05) is 4.90 Å². The third-order valence-corrected chi connectivity index (χ3v) is 3.18. The fourth-order valence-corrected chi connectivity index (χ4v) is 2.32. The molecule has 0 fully saturated rings. The van der Waals surface area contributed by atoms with Crippen LogP contribution >= 0.6 is 11.8 Å². The molecule has 0 spiro atoms. The molecule has 2 aromatic carbocycles. The quantitative estimate of drug-likeness (QED) is 0.697. The van der Waals surface area contributed by atoms with Gasteiger partial charge in [-0.2, -0.15) is 0 Å². The van der Waals surface area contributed by atoms with Crippen LogP contribution in [0.3, 0.4) is 0 Å². The van der Waals surface area contributed by atoms with Crippen LogP contribution in [0.1, 0.15) is 6.92 Å². The topological polar surface area (TPSA) is 0 Å². The van der Waals surface area contributed by atoms with Crippen LogP contribution in [0.2, 0.25) is 0 Å². The van der Waals surface area contributed by atoms with Gasteiger partial charge in [0.25, 0.3) is 0 Å². The molecule has 0 N–H and O–H groups in total. The van der Waals surface area contributed by atoms with Crippen molar-refractivity contribution in [3.8, 4) is 11.1 Å². The highest BCUT2D eigenvalue weighted by molar-refractivity contribution is 7.99. The van der Waals surface area contributed by atoms with Crippen molar-refractivity contribution < 1.29 is 4.39 Å². The molecule has 0 nitrogen and oxygen atoms in total. The molecule has 0 saturated heterocycles. The zero-order chi connectivity index (χ0) is 11.4. The Morgan fingerprint density at radius 3 is 2.38 bits per heavy atom. The van der Waals surface area contributed by atoms with E-state index in [0.29, 0.717) is 0 Å². The zero-order valence-corrected chi connectivity index (χ0v) is 9.93. The van der Waals surface area contributed by atoms with Gasteiger partial charge >= 0.3 is 0 Å². The molecule has 16 heavy (non-hydrogen) atoms. The first-order valence-electron chi connectivity index (χ1n) is 5.28. The van der Waals surface area contributed by atoms with Crippen molar-refractivity contribution in [1.29, 1.82) is 0 Å². The molecular formula is C14H13FS. The summed E-state index contributed by atoms with van der Waals surface area (Å²) in [7, 11) is 0. The summed E-state index contributed by atoms with van der Waals surface area (Å²) in [6.07, 6.45) is 0. The predicted molar refractivity (Wildman–Crippen MR) is 68.2 cm³/mol. The fourth-order valence-electron chi connectivity index (χ4n) is 1.60. The average molecular weight is 232 g/mol. The molecule has 2 rings (SSSR count). The van der Waals surface area contributed by atoms with Crippen LogP contribution in [0.15, 0.2) is 53.4 Å². The van der Waals surface area contributed by atoms with Gasteiger partial charge in [-0.25, -0.2) is 4.39 Å². The van der Waals surface area contributed by atoms with E-state index in [1.54, 1.807) is 23.9 Å². The van der Waals surface area contributed by atoms with Gasteiger partial charge in [-0.15, -0.1) is 11.8 Å². The molecule has 0 atom stereocenters. The standard InChI is InChI=1S/C14H13FS/c1-2-16-14-8-4-6-12(10-14)11-5-3-7-13(15)9-11/h3-10H,2H2,1H3. The summed E-state index contributed by atoms with van der Waals surface area (Å²) in [5, 5.41) is 0. The Labute approximate surface area is 99.5 Å². The van der Waals surface area contributed by atoms with Crippen LogP contribution in [-0.2, 0) is 0 Å². The van der Waals surface area contributed by atoms with Crippen molar-refractivity contribution in [3.05, 3.63) is 54.3 Å². The van der Waals surface area contributed by atoms with E-state index in [2.05, 4.69) is 19.1 Å². The van der Waals surface area contributed by atoms with E-state index in [9.17, 15) is 4.39 Å². The number of hydrogen-bond acceptors (Lipinski definition) is 1. The maximum Gasteiger partial charge on any atom is 0.123 e. The van der Waals surface area contributed by atoms with Gasteiger partial charge < -0.3 is 0 Å². The van der Waals surface area contributed by atoms with Crippen molar-refractivity contribution >= 4 is 11.8 Å². The van der Waals surface area contributed by atoms with E-state index < -0.39 is 0 Å². The molecule has 0 saturated carbocycles. The summed E-state index contributed by atoms with van der Waals surface area (Å²) in [5.74, 6) is 0.859. The SMILES string of the molecule is CCSc1cccc(-c2cccc(F)c2)c1. The number of benzene rings is 2. The van der Waals surface area contributed by atoms with Crippen molar-refractivity contribution in [2.75, 3.05) is 5.75 Å². The molecule has 2 heteroatoms. The normalized spacial score (nSPS) is 10.4. The molecule has 0 aliphatic rings. The number of thioether (sulfide) groups is 1. The van der Waals surface area contributed by atoms with Crippen molar-refractivity contribution in [1.82, 2.24) is 0 Å². The smallest absolute Gasteiger partial charge is 0.123 e. The van der Waals surface area contributed by atoms with Crippen molar-refractivity contribution in [2.24, 2.45) is 0 Å². The summed E-state index contributed by atoms with van der Waals surface area (Å²) in [4.78, 5) is 1.23. The second kappa shape index (κ2) is 5.17. The molecule has 0 unspecified atom stereocenters. The molecule has 0 aliphatic heterocycles. The Bertz CT molecular complexity index is 480. The Hall–Kier alpha value is -1.28. The minimum Gasteiger partial charge on any atom is -0.207 e. The molecular weight excluding hydrogens is 219 g/mol. The second-order valence-corrected chi connectivity index (χ2v) is 4.81. The van der Waals surface area contributed by atoms with E-state index in [1.165, 1.54) is 11.0 Å². The highest BCUT2D eigenvalue weighted by atomic mass is 32.2. The number of halogens is 1. The van der Waals surface area contributed by atoms with Gasteiger partial charge in [0.05, 0.1) is 0 Å².